The summed E-state index contributed by atoms with van der Waals surface area (Å²) in [4.78, 5) is 26.7. The van der Waals surface area contributed by atoms with Gasteiger partial charge < -0.3 is 10.3 Å². The van der Waals surface area contributed by atoms with Gasteiger partial charge in [0.1, 0.15) is 0 Å². The van der Waals surface area contributed by atoms with Crippen molar-refractivity contribution in [3.8, 4) is 0 Å². The van der Waals surface area contributed by atoms with Crippen molar-refractivity contribution >= 4 is 16.8 Å². The van der Waals surface area contributed by atoms with Crippen molar-refractivity contribution in [1.82, 2.24) is 25.2 Å². The van der Waals surface area contributed by atoms with Crippen LogP contribution in [-0.2, 0) is 6.54 Å². The fourth-order valence-electron chi connectivity index (χ4n) is 3.63. The van der Waals surface area contributed by atoms with Gasteiger partial charge in [0.05, 0.1) is 17.4 Å². The van der Waals surface area contributed by atoms with Crippen LogP contribution in [0.1, 0.15) is 28.0 Å². The molecule has 1 atom stereocenters. The zero-order valence-electron chi connectivity index (χ0n) is 14.9. The number of carbonyl (C=O) groups excluding carboxylic acids is 1. The van der Waals surface area contributed by atoms with E-state index in [1.54, 1.807) is 18.6 Å². The first-order valence-corrected chi connectivity index (χ1v) is 9.02. The zero-order chi connectivity index (χ0) is 17.9. The highest BCUT2D eigenvalue weighted by atomic mass is 16.1. The van der Waals surface area contributed by atoms with E-state index in [2.05, 4.69) is 25.2 Å². The Labute approximate surface area is 152 Å². The number of aryl methyl sites for hydroxylation is 1. The van der Waals surface area contributed by atoms with Crippen molar-refractivity contribution in [2.45, 2.75) is 19.9 Å². The van der Waals surface area contributed by atoms with Gasteiger partial charge in [-0.3, -0.25) is 14.7 Å². The Bertz CT molecular complexity index is 906. The maximum Gasteiger partial charge on any atom is 0.252 e. The number of amides is 1. The Morgan fingerprint density at radius 2 is 2.31 bits per heavy atom. The molecule has 134 valence electrons. The minimum Gasteiger partial charge on any atom is -0.352 e. The molecular formula is C20H23N5O. The predicted molar refractivity (Wildman–Crippen MR) is 101 cm³/mol. The second-order valence-corrected chi connectivity index (χ2v) is 7.06. The summed E-state index contributed by atoms with van der Waals surface area (Å²) in [5, 5.41) is 4.03. The molecule has 4 rings (SSSR count). The van der Waals surface area contributed by atoms with E-state index in [0.717, 1.165) is 48.2 Å². The Balaban J connectivity index is 1.37. The number of nitrogens with one attached hydrogen (secondary N) is 2. The summed E-state index contributed by atoms with van der Waals surface area (Å²) in [6.07, 6.45) is 6.38. The highest BCUT2D eigenvalue weighted by molar-refractivity contribution is 6.06. The Hall–Kier alpha value is -2.73. The first-order valence-electron chi connectivity index (χ1n) is 9.02. The third-order valence-electron chi connectivity index (χ3n) is 5.01. The monoisotopic (exact) mass is 349 g/mol. The van der Waals surface area contributed by atoms with E-state index in [4.69, 9.17) is 0 Å². The van der Waals surface area contributed by atoms with Gasteiger partial charge in [-0.05, 0) is 44.0 Å². The van der Waals surface area contributed by atoms with E-state index >= 15 is 0 Å². The minimum atomic E-state index is -0.0185. The molecule has 6 heteroatoms. The van der Waals surface area contributed by atoms with Crippen LogP contribution in [-0.4, -0.2) is 45.4 Å². The van der Waals surface area contributed by atoms with Gasteiger partial charge in [-0.1, -0.05) is 11.6 Å². The summed E-state index contributed by atoms with van der Waals surface area (Å²) in [6.45, 7) is 5.67. The van der Waals surface area contributed by atoms with Gasteiger partial charge in [0, 0.05) is 43.1 Å². The number of aromatic amines is 1. The number of benzene rings is 1. The molecule has 1 unspecified atom stereocenters. The van der Waals surface area contributed by atoms with E-state index < -0.39 is 0 Å². The van der Waals surface area contributed by atoms with Crippen LogP contribution < -0.4 is 5.32 Å². The van der Waals surface area contributed by atoms with Gasteiger partial charge >= 0.3 is 0 Å². The normalized spacial score (nSPS) is 17.7. The molecule has 0 bridgehead atoms. The second kappa shape index (κ2) is 7.25. The standard InChI is InChI=1S/C20H23N5O/c1-14-2-3-19-18(8-14)17(4-6-22-19)20(26)23-9-15-5-7-25(11-15)12-16-10-21-13-24-16/h2-4,6,8,10,13,15H,5,7,9,11-12H2,1H3,(H,21,24)(H,23,26). The Morgan fingerprint density at radius 1 is 1.38 bits per heavy atom. The first-order chi connectivity index (χ1) is 12.7. The van der Waals surface area contributed by atoms with Crippen LogP contribution in [0.5, 0.6) is 0 Å². The fourth-order valence-corrected chi connectivity index (χ4v) is 3.63. The number of aromatic nitrogens is 3. The molecule has 3 aromatic rings. The van der Waals surface area contributed by atoms with Gasteiger partial charge in [-0.2, -0.15) is 0 Å². The zero-order valence-corrected chi connectivity index (χ0v) is 14.9. The average molecular weight is 349 g/mol. The number of H-pyrrole nitrogens is 1. The van der Waals surface area contributed by atoms with E-state index in [1.807, 2.05) is 31.3 Å². The third-order valence-corrected chi connectivity index (χ3v) is 5.01. The van der Waals surface area contributed by atoms with Crippen LogP contribution in [0, 0.1) is 12.8 Å². The largest absolute Gasteiger partial charge is 0.352 e. The molecular weight excluding hydrogens is 326 g/mol. The Kier molecular flexibility index (Phi) is 4.67. The first kappa shape index (κ1) is 16.7. The molecule has 2 aromatic heterocycles. The van der Waals surface area contributed by atoms with Crippen molar-refractivity contribution < 1.29 is 4.79 Å². The van der Waals surface area contributed by atoms with E-state index in [9.17, 15) is 4.79 Å². The number of likely N-dealkylation sites (tertiary alicyclic amines) is 1. The van der Waals surface area contributed by atoms with Crippen molar-refractivity contribution in [2.75, 3.05) is 19.6 Å². The average Bonchev–Trinajstić information content (AvgIpc) is 3.31. The van der Waals surface area contributed by atoms with Crippen LogP contribution in [0.15, 0.2) is 43.0 Å². The summed E-state index contributed by atoms with van der Waals surface area (Å²) in [7, 11) is 0. The quantitative estimate of drug-likeness (QED) is 0.742. The lowest BCUT2D eigenvalue weighted by molar-refractivity contribution is 0.0949. The molecule has 1 amide bonds. The van der Waals surface area contributed by atoms with E-state index in [1.165, 1.54) is 0 Å². The topological polar surface area (TPSA) is 73.9 Å². The smallest absolute Gasteiger partial charge is 0.252 e. The van der Waals surface area contributed by atoms with Crippen LogP contribution in [0.4, 0.5) is 0 Å². The van der Waals surface area contributed by atoms with Gasteiger partial charge in [0.2, 0.25) is 0 Å². The number of fused-ring (bicyclic) bond motifs is 1. The summed E-state index contributed by atoms with van der Waals surface area (Å²) in [5.74, 6) is 0.465. The molecule has 1 aliphatic heterocycles. The van der Waals surface area contributed by atoms with Gasteiger partial charge in [0.15, 0.2) is 0 Å². The van der Waals surface area contributed by atoms with Gasteiger partial charge in [0.25, 0.3) is 5.91 Å². The van der Waals surface area contributed by atoms with E-state index in [0.29, 0.717) is 18.0 Å². The SMILES string of the molecule is Cc1ccc2nccc(C(=O)NCC3CCN(Cc4cnc[nH]4)C3)c2c1. The lowest BCUT2D eigenvalue weighted by Gasteiger charge is -2.15. The molecule has 26 heavy (non-hydrogen) atoms. The molecule has 0 radical (unpaired) electrons. The molecule has 1 fully saturated rings. The summed E-state index contributed by atoms with van der Waals surface area (Å²) in [5.41, 5.74) is 3.82. The molecule has 0 aliphatic carbocycles. The number of hydrogen-bond donors (Lipinski definition) is 2. The number of nitrogens with zero attached hydrogens (tertiary/aromatic N) is 3. The number of imidazole rings is 1. The molecule has 0 saturated carbocycles. The van der Waals surface area contributed by atoms with Crippen LogP contribution in [0.2, 0.25) is 0 Å². The highest BCUT2D eigenvalue weighted by Crippen LogP contribution is 2.20. The third kappa shape index (κ3) is 3.60. The minimum absolute atomic E-state index is 0.0185. The van der Waals surface area contributed by atoms with Gasteiger partial charge in [-0.15, -0.1) is 0 Å². The molecule has 1 saturated heterocycles. The molecule has 1 aromatic carbocycles. The summed E-state index contributed by atoms with van der Waals surface area (Å²) >= 11 is 0. The summed E-state index contributed by atoms with van der Waals surface area (Å²) in [6, 6.07) is 7.81. The van der Waals surface area contributed by atoms with Crippen molar-refractivity contribution in [3.63, 3.8) is 0 Å². The lowest BCUT2D eigenvalue weighted by atomic mass is 10.1. The van der Waals surface area contributed by atoms with Gasteiger partial charge in [-0.25, -0.2) is 4.98 Å². The number of carbonyl (C=O) groups is 1. The lowest BCUT2D eigenvalue weighted by Crippen LogP contribution is -2.31. The van der Waals surface area contributed by atoms with Crippen molar-refractivity contribution in [1.29, 1.82) is 0 Å². The predicted octanol–water partition coefficient (Wildman–Crippen LogP) is 2.52. The molecule has 2 N–H and O–H groups in total. The summed E-state index contributed by atoms with van der Waals surface area (Å²) < 4.78 is 0. The second-order valence-electron chi connectivity index (χ2n) is 7.06. The van der Waals surface area contributed by atoms with Crippen LogP contribution in [0.3, 0.4) is 0 Å². The van der Waals surface area contributed by atoms with Crippen LogP contribution >= 0.6 is 0 Å². The highest BCUT2D eigenvalue weighted by Gasteiger charge is 2.23. The fraction of sp³-hybridized carbons (Fsp3) is 0.350. The number of rotatable bonds is 5. The van der Waals surface area contributed by atoms with E-state index in [-0.39, 0.29) is 5.91 Å². The number of hydrogen-bond acceptors (Lipinski definition) is 4. The molecule has 6 nitrogen and oxygen atoms in total. The van der Waals surface area contributed by atoms with Crippen molar-refractivity contribution in [3.05, 3.63) is 59.8 Å². The van der Waals surface area contributed by atoms with Crippen molar-refractivity contribution in [2.24, 2.45) is 5.92 Å². The maximum absolute atomic E-state index is 12.7. The molecule has 0 spiro atoms. The Morgan fingerprint density at radius 3 is 3.15 bits per heavy atom. The maximum atomic E-state index is 12.7. The van der Waals surface area contributed by atoms with Crippen LogP contribution in [0.25, 0.3) is 10.9 Å². The molecule has 1 aliphatic rings. The molecule has 3 heterocycles. The number of pyridine rings is 1.